The van der Waals surface area contributed by atoms with Gasteiger partial charge in [-0.25, -0.2) is 9.07 Å². The van der Waals surface area contributed by atoms with E-state index in [-0.39, 0.29) is 5.56 Å². The first kappa shape index (κ1) is 13.9. The van der Waals surface area contributed by atoms with E-state index in [1.165, 1.54) is 6.07 Å². The summed E-state index contributed by atoms with van der Waals surface area (Å²) in [5.74, 6) is 0.0285. The van der Waals surface area contributed by atoms with Gasteiger partial charge in [0.15, 0.2) is 5.82 Å². The van der Waals surface area contributed by atoms with Gasteiger partial charge in [0.2, 0.25) is 0 Å². The first-order valence-electron chi connectivity index (χ1n) is 6.37. The third-order valence-corrected chi connectivity index (χ3v) is 2.99. The van der Waals surface area contributed by atoms with Gasteiger partial charge in [-0.05, 0) is 25.5 Å². The van der Waals surface area contributed by atoms with Gasteiger partial charge in [0, 0.05) is 6.54 Å². The molecule has 2 aromatic rings. The fraction of sp³-hybridized carbons (Fsp3) is 0.286. The molecule has 0 unspecified atom stereocenters. The van der Waals surface area contributed by atoms with Crippen molar-refractivity contribution in [2.45, 2.75) is 26.8 Å². The number of aryl methyl sites for hydroxylation is 2. The number of hydrogen-bond acceptors (Lipinski definition) is 4. The van der Waals surface area contributed by atoms with E-state index in [1.807, 2.05) is 19.9 Å². The molecule has 0 saturated carbocycles. The first-order chi connectivity index (χ1) is 9.58. The van der Waals surface area contributed by atoms with E-state index in [4.69, 9.17) is 11.0 Å². The number of nitrogens with one attached hydrogen (secondary N) is 1. The summed E-state index contributed by atoms with van der Waals surface area (Å²) < 4.78 is 15.3. The molecule has 20 heavy (non-hydrogen) atoms. The molecule has 104 valence electrons. The highest BCUT2D eigenvalue weighted by Crippen LogP contribution is 2.28. The van der Waals surface area contributed by atoms with Crippen LogP contribution in [-0.2, 0) is 6.54 Å². The molecule has 0 saturated heterocycles. The van der Waals surface area contributed by atoms with Crippen molar-refractivity contribution in [1.82, 2.24) is 9.78 Å². The average molecular weight is 273 g/mol. The number of nitriles is 1. The molecule has 1 aromatic heterocycles. The van der Waals surface area contributed by atoms with E-state index in [0.29, 0.717) is 29.4 Å². The quantitative estimate of drug-likeness (QED) is 0.897. The van der Waals surface area contributed by atoms with Crippen LogP contribution in [0, 0.1) is 24.1 Å². The lowest BCUT2D eigenvalue weighted by Gasteiger charge is -2.11. The van der Waals surface area contributed by atoms with Gasteiger partial charge in [0.05, 0.1) is 17.1 Å². The first-order valence-corrected chi connectivity index (χ1v) is 6.37. The predicted molar refractivity (Wildman–Crippen MR) is 76.1 cm³/mol. The molecular formula is C14H16FN5. The van der Waals surface area contributed by atoms with Gasteiger partial charge in [-0.3, -0.25) is 0 Å². The van der Waals surface area contributed by atoms with Crippen LogP contribution >= 0.6 is 0 Å². The molecule has 0 spiro atoms. The van der Waals surface area contributed by atoms with E-state index in [9.17, 15) is 4.39 Å². The van der Waals surface area contributed by atoms with E-state index < -0.39 is 5.82 Å². The van der Waals surface area contributed by atoms with Crippen molar-refractivity contribution >= 4 is 17.2 Å². The van der Waals surface area contributed by atoms with Crippen LogP contribution < -0.4 is 11.1 Å². The molecule has 3 N–H and O–H groups in total. The molecule has 6 heteroatoms. The van der Waals surface area contributed by atoms with Gasteiger partial charge in [0.25, 0.3) is 0 Å². The Labute approximate surface area is 116 Å². The lowest BCUT2D eigenvalue weighted by atomic mass is 10.2. The normalized spacial score (nSPS) is 10.3. The third kappa shape index (κ3) is 2.43. The van der Waals surface area contributed by atoms with Gasteiger partial charge in [0.1, 0.15) is 17.4 Å². The third-order valence-electron chi connectivity index (χ3n) is 2.99. The minimum Gasteiger partial charge on any atom is -0.394 e. The van der Waals surface area contributed by atoms with Crippen LogP contribution in [0.2, 0.25) is 0 Å². The predicted octanol–water partition coefficient (Wildman–Crippen LogP) is 2.94. The summed E-state index contributed by atoms with van der Waals surface area (Å²) >= 11 is 0. The van der Waals surface area contributed by atoms with Crippen LogP contribution in [0.4, 0.5) is 21.6 Å². The highest BCUT2D eigenvalue weighted by molar-refractivity contribution is 5.74. The van der Waals surface area contributed by atoms with Gasteiger partial charge in [-0.2, -0.15) is 10.4 Å². The van der Waals surface area contributed by atoms with E-state index in [2.05, 4.69) is 10.4 Å². The van der Waals surface area contributed by atoms with Crippen molar-refractivity contribution in [2.24, 2.45) is 0 Å². The van der Waals surface area contributed by atoms with Crippen LogP contribution in [0.15, 0.2) is 18.2 Å². The number of nitrogens with two attached hydrogens (primary N) is 1. The Morgan fingerprint density at radius 1 is 1.50 bits per heavy atom. The summed E-state index contributed by atoms with van der Waals surface area (Å²) in [5, 5.41) is 16.4. The Balaban J connectivity index is 2.45. The van der Waals surface area contributed by atoms with Crippen LogP contribution in [0.3, 0.4) is 0 Å². The van der Waals surface area contributed by atoms with E-state index in [0.717, 1.165) is 6.42 Å². The summed E-state index contributed by atoms with van der Waals surface area (Å²) in [5.41, 5.74) is 7.55. The lowest BCUT2D eigenvalue weighted by molar-refractivity contribution is 0.605. The maximum atomic E-state index is 13.6. The highest BCUT2D eigenvalue weighted by atomic mass is 19.1. The Morgan fingerprint density at radius 3 is 2.90 bits per heavy atom. The summed E-state index contributed by atoms with van der Waals surface area (Å²) in [6.45, 7) is 4.53. The molecule has 0 atom stereocenters. The van der Waals surface area contributed by atoms with Crippen LogP contribution in [-0.4, -0.2) is 9.78 Å². The lowest BCUT2D eigenvalue weighted by Crippen LogP contribution is -2.07. The van der Waals surface area contributed by atoms with E-state index in [1.54, 1.807) is 16.8 Å². The van der Waals surface area contributed by atoms with Crippen molar-refractivity contribution < 1.29 is 4.39 Å². The van der Waals surface area contributed by atoms with Gasteiger partial charge in [-0.15, -0.1) is 0 Å². The Kier molecular flexibility index (Phi) is 3.89. The topological polar surface area (TPSA) is 79.7 Å². The molecule has 0 aliphatic carbocycles. The minimum absolute atomic E-state index is 0.0335. The summed E-state index contributed by atoms with van der Waals surface area (Å²) in [6, 6.07) is 6.29. The second-order valence-electron chi connectivity index (χ2n) is 4.47. The van der Waals surface area contributed by atoms with Gasteiger partial charge in [-0.1, -0.05) is 13.0 Å². The summed E-state index contributed by atoms with van der Waals surface area (Å²) in [7, 11) is 0. The van der Waals surface area contributed by atoms with Crippen LogP contribution in [0.25, 0.3) is 0 Å². The summed E-state index contributed by atoms with van der Waals surface area (Å²) in [6.07, 6.45) is 0.892. The minimum atomic E-state index is -0.561. The highest BCUT2D eigenvalue weighted by Gasteiger charge is 2.15. The molecule has 0 fully saturated rings. The molecule has 0 radical (unpaired) electrons. The van der Waals surface area contributed by atoms with E-state index >= 15 is 0 Å². The number of nitrogens with zero attached hydrogens (tertiary/aromatic N) is 3. The number of hydrogen-bond donors (Lipinski definition) is 2. The standard InChI is InChI=1S/C14H16FN5/c1-3-7-20-14(13(17)9(2)19-20)18-12-6-4-5-11(15)10(12)8-16/h4-6,18H,3,7,17H2,1-2H3. The van der Waals surface area contributed by atoms with Crippen LogP contribution in [0.5, 0.6) is 0 Å². The molecule has 2 rings (SSSR count). The Hall–Kier alpha value is -2.55. The van der Waals surface area contributed by atoms with Crippen molar-refractivity contribution in [3.63, 3.8) is 0 Å². The number of benzene rings is 1. The SMILES string of the molecule is CCCn1nc(C)c(N)c1Nc1cccc(F)c1C#N. The molecule has 1 heterocycles. The maximum absolute atomic E-state index is 13.6. The van der Waals surface area contributed by atoms with Crippen molar-refractivity contribution in [2.75, 3.05) is 11.1 Å². The molecular weight excluding hydrogens is 257 g/mol. The number of nitrogen functional groups attached to an aromatic ring is 1. The summed E-state index contributed by atoms with van der Waals surface area (Å²) in [4.78, 5) is 0. The second kappa shape index (κ2) is 5.61. The van der Waals surface area contributed by atoms with Gasteiger partial charge >= 0.3 is 0 Å². The molecule has 5 nitrogen and oxygen atoms in total. The molecule has 0 amide bonds. The largest absolute Gasteiger partial charge is 0.394 e. The fourth-order valence-corrected chi connectivity index (χ4v) is 1.97. The average Bonchev–Trinajstić information content (AvgIpc) is 2.67. The Morgan fingerprint density at radius 2 is 2.25 bits per heavy atom. The van der Waals surface area contributed by atoms with Crippen molar-refractivity contribution in [3.8, 4) is 6.07 Å². The smallest absolute Gasteiger partial charge is 0.152 e. The zero-order chi connectivity index (χ0) is 14.7. The monoisotopic (exact) mass is 273 g/mol. The second-order valence-corrected chi connectivity index (χ2v) is 4.47. The zero-order valence-electron chi connectivity index (χ0n) is 11.4. The van der Waals surface area contributed by atoms with Crippen LogP contribution in [0.1, 0.15) is 24.6 Å². The van der Waals surface area contributed by atoms with Crippen molar-refractivity contribution in [1.29, 1.82) is 5.26 Å². The number of rotatable bonds is 4. The molecule has 0 aliphatic heterocycles. The number of halogens is 1. The Bertz CT molecular complexity index is 669. The molecule has 1 aromatic carbocycles. The number of anilines is 3. The fourth-order valence-electron chi connectivity index (χ4n) is 1.97. The van der Waals surface area contributed by atoms with Gasteiger partial charge < -0.3 is 11.1 Å². The molecule has 0 aliphatic rings. The number of aromatic nitrogens is 2. The van der Waals surface area contributed by atoms with Crippen molar-refractivity contribution in [3.05, 3.63) is 35.3 Å². The molecule has 0 bridgehead atoms. The zero-order valence-corrected chi connectivity index (χ0v) is 11.4. The maximum Gasteiger partial charge on any atom is 0.152 e.